The molecule has 4 heterocycles. The maximum Gasteiger partial charge on any atom is 0.104 e. The van der Waals surface area contributed by atoms with Crippen LogP contribution in [0.3, 0.4) is 0 Å². The molecule has 4 aromatic heterocycles. The third-order valence-corrected chi connectivity index (χ3v) is 21.0. The van der Waals surface area contributed by atoms with Gasteiger partial charge in [0.2, 0.25) is 0 Å². The van der Waals surface area contributed by atoms with Gasteiger partial charge in [-0.25, -0.2) is 0 Å². The van der Waals surface area contributed by atoms with Crippen molar-refractivity contribution in [2.45, 2.75) is 0 Å². The molecule has 0 aliphatic carbocycles. The highest BCUT2D eigenvalue weighted by molar-refractivity contribution is 6.19. The second kappa shape index (κ2) is 23.7. The second-order valence-electron chi connectivity index (χ2n) is 26.6. The quantitative estimate of drug-likeness (QED) is 0.127. The number of nitriles is 1. The molecule has 102 heavy (non-hydrogen) atoms. The highest BCUT2D eigenvalue weighted by Crippen LogP contribution is 2.54. The maximum atomic E-state index is 13.6. The third kappa shape index (κ3) is 9.24. The Bertz CT molecular complexity index is 6070. The molecule has 0 aliphatic rings. The first-order valence-electron chi connectivity index (χ1n) is 34.9. The molecule has 0 amide bonds. The first-order chi connectivity index (χ1) is 50.6. The average molecular weight is 1300 g/mol. The van der Waals surface area contributed by atoms with Crippen molar-refractivity contribution in [2.75, 3.05) is 0 Å². The van der Waals surface area contributed by atoms with Gasteiger partial charge in [-0.2, -0.15) is 5.26 Å². The van der Waals surface area contributed by atoms with E-state index in [1.165, 1.54) is 0 Å². The van der Waals surface area contributed by atoms with Crippen LogP contribution in [0.4, 0.5) is 0 Å². The minimum absolute atomic E-state index is 0.498. The minimum atomic E-state index is 0.498. The number of benzene rings is 16. The molecule has 0 atom stereocenters. The van der Waals surface area contributed by atoms with Gasteiger partial charge in [-0.1, -0.05) is 279 Å². The van der Waals surface area contributed by atoms with Crippen LogP contribution in [0.5, 0.6) is 0 Å². The smallest absolute Gasteiger partial charge is 0.104 e. The van der Waals surface area contributed by atoms with Gasteiger partial charge >= 0.3 is 0 Å². The summed E-state index contributed by atoms with van der Waals surface area (Å²) in [5, 5.41) is 22.2. The maximum absolute atomic E-state index is 13.6. The zero-order chi connectivity index (χ0) is 67.4. The molecule has 0 unspecified atom stereocenters. The van der Waals surface area contributed by atoms with Gasteiger partial charge in [-0.05, 0) is 163 Å². The predicted molar refractivity (Wildman–Crippen MR) is 427 cm³/mol. The van der Waals surface area contributed by atoms with Crippen molar-refractivity contribution >= 4 is 87.2 Å². The van der Waals surface area contributed by atoms with E-state index in [9.17, 15) is 5.26 Å². The molecule has 0 saturated heterocycles. The van der Waals surface area contributed by atoms with Crippen molar-refractivity contribution in [2.24, 2.45) is 0 Å². The molecule has 20 rings (SSSR count). The van der Waals surface area contributed by atoms with E-state index < -0.39 is 0 Å². The molecule has 0 N–H and O–H groups in total. The van der Waals surface area contributed by atoms with Gasteiger partial charge in [-0.15, -0.1) is 0 Å². The number of hydrogen-bond acceptors (Lipinski definition) is 1. The molecule has 0 bridgehead atoms. The number of aromatic nitrogens is 4. The molecule has 0 aliphatic heterocycles. The van der Waals surface area contributed by atoms with Crippen LogP contribution in [0.25, 0.3) is 188 Å². The fraction of sp³-hybridized carbons (Fsp3) is 0. The number of fused-ring (bicyclic) bond motifs is 12. The number of rotatable bonds is 11. The molecular formula is C97H61N5. The fourth-order valence-electron chi connectivity index (χ4n) is 16.4. The number of hydrogen-bond donors (Lipinski definition) is 0. The van der Waals surface area contributed by atoms with Gasteiger partial charge in [0.15, 0.2) is 0 Å². The lowest BCUT2D eigenvalue weighted by Crippen LogP contribution is -2.16. The summed E-state index contributed by atoms with van der Waals surface area (Å²) in [6.45, 7) is 0. The molecule has 20 aromatic rings. The normalized spacial score (nSPS) is 11.7. The second-order valence-corrected chi connectivity index (χ2v) is 26.6. The summed E-state index contributed by atoms with van der Waals surface area (Å²) in [4.78, 5) is 0. The average Bonchev–Trinajstić information content (AvgIpc) is 1.45. The summed E-state index contributed by atoms with van der Waals surface area (Å²) in [6.07, 6.45) is 0. The molecule has 0 fully saturated rings. The van der Waals surface area contributed by atoms with Gasteiger partial charge < -0.3 is 18.3 Å². The first kappa shape index (κ1) is 58.4. The molecule has 0 radical (unpaired) electrons. The van der Waals surface area contributed by atoms with Crippen molar-refractivity contribution in [1.29, 1.82) is 5.26 Å². The summed E-state index contributed by atoms with van der Waals surface area (Å²) in [7, 11) is 0. The van der Waals surface area contributed by atoms with E-state index in [0.29, 0.717) is 5.56 Å². The topological polar surface area (TPSA) is 43.5 Å². The van der Waals surface area contributed by atoms with Crippen LogP contribution in [-0.2, 0) is 0 Å². The SMILES string of the molecule is N#Cc1c(-n2c3ccccc3c3ccccc32)c(-n2c3ccc(-c4ccccc4)cc3c3cc(-c4ccccc4)ccc32)c(-c2cc(-c3ccccc3)cc(-c3ccccc3)c2)c(-n2c3ccc(-c4ccccc4)cc3c3cc(-c4ccccc4)ccc32)c1-n1c2ccccc2c2ccccc21. The Morgan fingerprint density at radius 2 is 0.382 bits per heavy atom. The molecule has 0 spiro atoms. The summed E-state index contributed by atoms with van der Waals surface area (Å²) < 4.78 is 9.94. The largest absolute Gasteiger partial charge is 0.306 e. The Morgan fingerprint density at radius 1 is 0.167 bits per heavy atom. The van der Waals surface area contributed by atoms with Crippen LogP contribution in [0.15, 0.2) is 370 Å². The number of para-hydroxylation sites is 4. The van der Waals surface area contributed by atoms with Crippen molar-refractivity contribution in [1.82, 2.24) is 18.3 Å². The molecule has 16 aromatic carbocycles. The van der Waals surface area contributed by atoms with Crippen LogP contribution >= 0.6 is 0 Å². The van der Waals surface area contributed by atoms with Gasteiger partial charge in [0.05, 0.1) is 66.9 Å². The zero-order valence-corrected chi connectivity index (χ0v) is 55.5. The zero-order valence-electron chi connectivity index (χ0n) is 55.5. The van der Waals surface area contributed by atoms with Crippen LogP contribution in [0.1, 0.15) is 5.56 Å². The van der Waals surface area contributed by atoms with E-state index in [0.717, 1.165) is 188 Å². The Hall–Kier alpha value is -13.8. The lowest BCUT2D eigenvalue weighted by atomic mass is 9.89. The Kier molecular flexibility index (Phi) is 13.6. The van der Waals surface area contributed by atoms with Crippen molar-refractivity contribution in [3.05, 3.63) is 376 Å². The van der Waals surface area contributed by atoms with E-state index in [1.807, 2.05) is 0 Å². The first-order valence-corrected chi connectivity index (χ1v) is 34.9. The van der Waals surface area contributed by atoms with Crippen LogP contribution in [0.2, 0.25) is 0 Å². The number of nitrogens with zero attached hydrogens (tertiary/aromatic N) is 5. The Morgan fingerprint density at radius 3 is 0.647 bits per heavy atom. The molecule has 474 valence electrons. The summed E-state index contributed by atoms with van der Waals surface area (Å²) in [6, 6.07) is 138. The van der Waals surface area contributed by atoms with Gasteiger partial charge in [0.1, 0.15) is 11.6 Å². The standard InChI is InChI=1S/C97H61N5/c98-62-84-94(99-85-43-23-19-39-76(85)77-40-20-24-44-86(77)99)96(101-89-51-47-69(63-27-7-1-8-28-63)58-80(89)81-59-70(48-52-90(81)101)64-29-9-2-10-30-64)93(75-56-73(67-35-15-5-16-36-67)55-74(57-75)68-37-17-6-18-38-68)97(95(84)100-87-45-25-21-41-78(87)79-42-22-26-46-88(79)100)102-91-53-49-71(65-31-11-3-12-32-65)60-82(91)83-61-72(50-54-92(83)102)66-33-13-4-14-34-66/h1-61H. The molecule has 0 saturated carbocycles. The highest BCUT2D eigenvalue weighted by atomic mass is 15.1. The fourth-order valence-corrected chi connectivity index (χ4v) is 16.4. The van der Waals surface area contributed by atoms with E-state index in [-0.39, 0.29) is 0 Å². The molecule has 5 nitrogen and oxygen atoms in total. The summed E-state index contributed by atoms with van der Waals surface area (Å²) >= 11 is 0. The Balaban J connectivity index is 1.09. The van der Waals surface area contributed by atoms with Gasteiger partial charge in [-0.3, -0.25) is 0 Å². The van der Waals surface area contributed by atoms with E-state index >= 15 is 0 Å². The lowest BCUT2D eigenvalue weighted by molar-refractivity contribution is 1.04. The van der Waals surface area contributed by atoms with Gasteiger partial charge in [0.25, 0.3) is 0 Å². The van der Waals surface area contributed by atoms with E-state index in [1.54, 1.807) is 0 Å². The Labute approximate surface area is 589 Å². The van der Waals surface area contributed by atoms with Crippen molar-refractivity contribution in [3.8, 4) is 107 Å². The van der Waals surface area contributed by atoms with Gasteiger partial charge in [0, 0.05) is 48.7 Å². The summed E-state index contributed by atoms with van der Waals surface area (Å²) in [5.74, 6) is 0. The van der Waals surface area contributed by atoms with Crippen molar-refractivity contribution < 1.29 is 0 Å². The highest BCUT2D eigenvalue weighted by Gasteiger charge is 2.36. The molecular weight excluding hydrogens is 1240 g/mol. The van der Waals surface area contributed by atoms with Crippen LogP contribution in [-0.4, -0.2) is 18.3 Å². The lowest BCUT2D eigenvalue weighted by Gasteiger charge is -2.30. The van der Waals surface area contributed by atoms with E-state index in [4.69, 9.17) is 0 Å². The predicted octanol–water partition coefficient (Wildman–Crippen LogP) is 25.6. The van der Waals surface area contributed by atoms with Crippen molar-refractivity contribution in [3.63, 3.8) is 0 Å². The summed E-state index contributed by atoms with van der Waals surface area (Å²) in [5.41, 5.74) is 26.6. The minimum Gasteiger partial charge on any atom is -0.306 e. The third-order valence-electron chi connectivity index (χ3n) is 21.0. The monoisotopic (exact) mass is 1300 g/mol. The van der Waals surface area contributed by atoms with Crippen LogP contribution < -0.4 is 0 Å². The molecule has 5 heteroatoms. The van der Waals surface area contributed by atoms with E-state index in [2.05, 4.69) is 394 Å². The van der Waals surface area contributed by atoms with Crippen LogP contribution in [0, 0.1) is 11.3 Å².